The fourth-order valence-corrected chi connectivity index (χ4v) is 6.00. The summed E-state index contributed by atoms with van der Waals surface area (Å²) in [5.41, 5.74) is 2.71. The van der Waals surface area contributed by atoms with E-state index in [9.17, 15) is 14.7 Å². The summed E-state index contributed by atoms with van der Waals surface area (Å²) in [4.78, 5) is 33.7. The van der Waals surface area contributed by atoms with Crippen LogP contribution in [0.2, 0.25) is 0 Å². The number of hydrogen-bond donors (Lipinski definition) is 2. The molecule has 0 aliphatic heterocycles. The Morgan fingerprint density at radius 3 is 2.77 bits per heavy atom. The van der Waals surface area contributed by atoms with Crippen molar-refractivity contribution in [1.29, 1.82) is 0 Å². The molecule has 7 heteroatoms. The van der Waals surface area contributed by atoms with E-state index in [0.29, 0.717) is 35.3 Å². The van der Waals surface area contributed by atoms with Crippen LogP contribution in [0.1, 0.15) is 66.2 Å². The lowest BCUT2D eigenvalue weighted by Gasteiger charge is -2.29. The second-order valence-corrected chi connectivity index (χ2v) is 9.22. The van der Waals surface area contributed by atoms with Gasteiger partial charge >= 0.3 is 0 Å². The molecule has 3 aromatic rings. The molecular formula is C24H24N4O3. The first-order valence-electron chi connectivity index (χ1n) is 11.0. The number of carbonyl (C=O) groups excluding carboxylic acids is 1. The molecule has 2 fully saturated rings. The summed E-state index contributed by atoms with van der Waals surface area (Å²) >= 11 is 0. The van der Waals surface area contributed by atoms with Crippen molar-refractivity contribution in [2.75, 3.05) is 5.32 Å². The van der Waals surface area contributed by atoms with Crippen molar-refractivity contribution in [2.45, 2.75) is 56.7 Å². The topological polar surface area (TPSA) is 97.1 Å². The van der Waals surface area contributed by atoms with Crippen molar-refractivity contribution < 1.29 is 9.90 Å². The van der Waals surface area contributed by atoms with Crippen LogP contribution in [0.25, 0.3) is 10.9 Å². The summed E-state index contributed by atoms with van der Waals surface area (Å²) in [6, 6.07) is 7.03. The monoisotopic (exact) mass is 416 g/mol. The summed E-state index contributed by atoms with van der Waals surface area (Å²) in [7, 11) is 0. The number of nitrogens with one attached hydrogen (secondary N) is 1. The largest absolute Gasteiger partial charge is 0.369 e. The van der Waals surface area contributed by atoms with Crippen LogP contribution in [0.5, 0.6) is 0 Å². The van der Waals surface area contributed by atoms with E-state index < -0.39 is 6.23 Å². The minimum atomic E-state index is -1.01. The standard InChI is InChI=1S/C24H24N4O3/c29-20-5-4-15-16(20)2-1-3-17(15)23(31)27-22-18-12-28(21(30)10-19(18)25-13-26-22)24-8-6-14(11-24)7-9-24/h1-3,10,12-14,23,31H,4-9,11H2,(H,25,26,27)/t14?,23-,24?/m1/s1. The summed E-state index contributed by atoms with van der Waals surface area (Å²) < 4.78 is 1.89. The molecule has 31 heavy (non-hydrogen) atoms. The van der Waals surface area contributed by atoms with Crippen LogP contribution >= 0.6 is 0 Å². The maximum Gasteiger partial charge on any atom is 0.253 e. The Labute approximate surface area is 179 Å². The average Bonchev–Trinajstić information content (AvgIpc) is 3.49. The van der Waals surface area contributed by atoms with E-state index in [1.54, 1.807) is 12.1 Å². The molecule has 0 spiro atoms. The lowest BCUT2D eigenvalue weighted by Crippen LogP contribution is -2.37. The highest BCUT2D eigenvalue weighted by Gasteiger charge is 2.46. The molecule has 1 atom stereocenters. The van der Waals surface area contributed by atoms with Crippen LogP contribution in [-0.4, -0.2) is 25.4 Å². The molecule has 2 N–H and O–H groups in total. The van der Waals surface area contributed by atoms with E-state index >= 15 is 0 Å². The van der Waals surface area contributed by atoms with Crippen LogP contribution in [0.3, 0.4) is 0 Å². The van der Waals surface area contributed by atoms with E-state index in [0.717, 1.165) is 36.1 Å². The van der Waals surface area contributed by atoms with Crippen LogP contribution in [0.4, 0.5) is 5.82 Å². The fraction of sp³-hybridized carbons (Fsp3) is 0.417. The van der Waals surface area contributed by atoms with Gasteiger partial charge in [-0.1, -0.05) is 18.2 Å². The molecule has 3 aliphatic carbocycles. The number of aliphatic hydroxyl groups excluding tert-OH is 1. The first-order chi connectivity index (χ1) is 15.0. The third-order valence-corrected chi connectivity index (χ3v) is 7.57. The van der Waals surface area contributed by atoms with E-state index in [1.165, 1.54) is 19.2 Å². The van der Waals surface area contributed by atoms with Crippen LogP contribution < -0.4 is 10.9 Å². The summed E-state index contributed by atoms with van der Waals surface area (Å²) in [5.74, 6) is 1.32. The quantitative estimate of drug-likeness (QED) is 0.634. The molecule has 2 saturated carbocycles. The van der Waals surface area contributed by atoms with Crippen molar-refractivity contribution in [1.82, 2.24) is 14.5 Å². The molecule has 0 radical (unpaired) electrons. The Bertz CT molecular complexity index is 1270. The number of pyridine rings is 1. The smallest absolute Gasteiger partial charge is 0.253 e. The lowest BCUT2D eigenvalue weighted by atomic mass is 9.93. The zero-order valence-electron chi connectivity index (χ0n) is 17.2. The number of rotatable bonds is 4. The van der Waals surface area contributed by atoms with Gasteiger partial charge in [-0.3, -0.25) is 9.59 Å². The Balaban J connectivity index is 1.41. The van der Waals surface area contributed by atoms with E-state index in [4.69, 9.17) is 0 Å². The summed E-state index contributed by atoms with van der Waals surface area (Å²) in [5, 5.41) is 14.8. The maximum absolute atomic E-state index is 12.9. The minimum Gasteiger partial charge on any atom is -0.369 e. The van der Waals surface area contributed by atoms with Gasteiger partial charge in [0.05, 0.1) is 10.9 Å². The Hall–Kier alpha value is -3.06. The van der Waals surface area contributed by atoms with Crippen LogP contribution in [-0.2, 0) is 12.0 Å². The second-order valence-electron chi connectivity index (χ2n) is 9.22. The summed E-state index contributed by atoms with van der Waals surface area (Å²) in [6.07, 6.45) is 8.86. The van der Waals surface area contributed by atoms with E-state index in [-0.39, 0.29) is 16.9 Å². The van der Waals surface area contributed by atoms with Crippen molar-refractivity contribution in [3.05, 3.63) is 63.8 Å². The van der Waals surface area contributed by atoms with E-state index in [2.05, 4.69) is 15.3 Å². The first-order valence-corrected chi connectivity index (χ1v) is 11.0. The maximum atomic E-state index is 12.9. The number of anilines is 1. The SMILES string of the molecule is O=C1CCc2c1cccc2[C@@H](O)Nc1ncnc2cc(=O)n(C34CCC(CC3)C4)cc12. The number of benzene rings is 1. The molecule has 6 rings (SSSR count). The first kappa shape index (κ1) is 18.7. The number of nitrogens with zero attached hydrogens (tertiary/aromatic N) is 3. The van der Waals surface area contributed by atoms with Crippen LogP contribution in [0.15, 0.2) is 41.6 Å². The van der Waals surface area contributed by atoms with E-state index in [1.807, 2.05) is 22.9 Å². The third kappa shape index (κ3) is 2.83. The molecule has 0 saturated heterocycles. The molecule has 0 amide bonds. The predicted molar refractivity (Wildman–Crippen MR) is 116 cm³/mol. The number of Topliss-reactive ketones (excluding diaryl/α,β-unsaturated/α-hetero) is 1. The molecule has 3 aliphatic rings. The Morgan fingerprint density at radius 2 is 2.00 bits per heavy atom. The highest BCUT2D eigenvalue weighted by molar-refractivity contribution is 6.00. The normalized spacial score (nSPS) is 25.2. The van der Waals surface area contributed by atoms with Crippen molar-refractivity contribution in [3.63, 3.8) is 0 Å². The molecule has 1 aromatic carbocycles. The predicted octanol–water partition coefficient (Wildman–Crippen LogP) is 3.31. The zero-order chi connectivity index (χ0) is 21.2. The van der Waals surface area contributed by atoms with Gasteiger partial charge in [-0.2, -0.15) is 0 Å². The number of carbonyl (C=O) groups is 1. The van der Waals surface area contributed by atoms with Gasteiger partial charge in [0.15, 0.2) is 12.0 Å². The molecule has 2 bridgehead atoms. The molecule has 158 valence electrons. The highest BCUT2D eigenvalue weighted by Crippen LogP contribution is 2.52. The molecule has 2 heterocycles. The van der Waals surface area contributed by atoms with Crippen molar-refractivity contribution in [3.8, 4) is 0 Å². The number of hydrogen-bond acceptors (Lipinski definition) is 6. The number of aliphatic hydroxyl groups is 1. The fourth-order valence-electron chi connectivity index (χ4n) is 6.00. The van der Waals surface area contributed by atoms with Crippen LogP contribution in [0, 0.1) is 5.92 Å². The van der Waals surface area contributed by atoms with Gasteiger partial charge in [0.2, 0.25) is 0 Å². The van der Waals surface area contributed by atoms with Gasteiger partial charge < -0.3 is 15.0 Å². The second kappa shape index (κ2) is 6.72. The lowest BCUT2D eigenvalue weighted by molar-refractivity contribution is 0.0994. The molecule has 7 nitrogen and oxygen atoms in total. The van der Waals surface area contributed by atoms with Gasteiger partial charge in [-0.05, 0) is 50.0 Å². The Kier molecular flexibility index (Phi) is 4.05. The molecular weight excluding hydrogens is 392 g/mol. The molecule has 2 aromatic heterocycles. The van der Waals surface area contributed by atoms with Gasteiger partial charge in [-0.25, -0.2) is 9.97 Å². The van der Waals surface area contributed by atoms with Gasteiger partial charge in [0.1, 0.15) is 12.1 Å². The third-order valence-electron chi connectivity index (χ3n) is 7.57. The van der Waals surface area contributed by atoms with Gasteiger partial charge in [-0.15, -0.1) is 0 Å². The number of aromatic nitrogens is 3. The summed E-state index contributed by atoms with van der Waals surface area (Å²) in [6.45, 7) is 0. The minimum absolute atomic E-state index is 0.0281. The molecule has 0 unspecified atom stereocenters. The van der Waals surface area contributed by atoms with Crippen molar-refractivity contribution in [2.24, 2.45) is 5.92 Å². The van der Waals surface area contributed by atoms with Gasteiger partial charge in [0.25, 0.3) is 5.56 Å². The Morgan fingerprint density at radius 1 is 1.16 bits per heavy atom. The van der Waals surface area contributed by atoms with Crippen molar-refractivity contribution >= 4 is 22.5 Å². The number of fused-ring (bicyclic) bond motifs is 4. The number of ketones is 1. The average molecular weight is 416 g/mol. The highest BCUT2D eigenvalue weighted by atomic mass is 16.3. The van der Waals surface area contributed by atoms with Gasteiger partial charge in [0, 0.05) is 35.3 Å². The zero-order valence-corrected chi connectivity index (χ0v) is 17.2.